The fourth-order valence-corrected chi connectivity index (χ4v) is 3.11. The van der Waals surface area contributed by atoms with Gasteiger partial charge in [0.2, 0.25) is 15.9 Å². The fourth-order valence-electron chi connectivity index (χ4n) is 2.18. The van der Waals surface area contributed by atoms with E-state index in [-0.39, 0.29) is 28.9 Å². The van der Waals surface area contributed by atoms with Crippen molar-refractivity contribution in [3.05, 3.63) is 65.5 Å². The average Bonchev–Trinajstić information content (AvgIpc) is 2.64. The molecule has 0 aromatic heterocycles. The van der Waals surface area contributed by atoms with Gasteiger partial charge < -0.3 is 10.1 Å². The summed E-state index contributed by atoms with van der Waals surface area (Å²) in [5, 5.41) is 2.63. The number of amides is 1. The van der Waals surface area contributed by atoms with E-state index in [1.54, 1.807) is 18.2 Å². The molecule has 138 valence electrons. The monoisotopic (exact) mass is 378 g/mol. The van der Waals surface area contributed by atoms with Gasteiger partial charge in [0, 0.05) is 12.6 Å². The van der Waals surface area contributed by atoms with Gasteiger partial charge in [-0.2, -0.15) is 0 Å². The maximum absolute atomic E-state index is 13.1. The lowest BCUT2D eigenvalue weighted by Gasteiger charge is -2.09. The quantitative estimate of drug-likeness (QED) is 0.723. The van der Waals surface area contributed by atoms with E-state index in [0.717, 1.165) is 0 Å². The molecule has 0 saturated carbocycles. The molecule has 0 spiro atoms. The maximum atomic E-state index is 13.1. The summed E-state index contributed by atoms with van der Waals surface area (Å²) in [6, 6.07) is 10.5. The van der Waals surface area contributed by atoms with Gasteiger partial charge in [-0.3, -0.25) is 4.79 Å². The van der Waals surface area contributed by atoms with Crippen LogP contribution in [0, 0.1) is 5.82 Å². The van der Waals surface area contributed by atoms with Crippen LogP contribution in [0.15, 0.2) is 53.4 Å². The third kappa shape index (κ3) is 5.14. The van der Waals surface area contributed by atoms with Gasteiger partial charge in [0.05, 0.1) is 7.11 Å². The van der Waals surface area contributed by atoms with Crippen LogP contribution < -0.4 is 14.8 Å². The highest BCUT2D eigenvalue weighted by Gasteiger charge is 2.17. The minimum Gasteiger partial charge on any atom is -0.495 e. The zero-order valence-corrected chi connectivity index (χ0v) is 15.1. The van der Waals surface area contributed by atoms with Crippen molar-refractivity contribution in [2.75, 3.05) is 14.2 Å². The number of hydrogen-bond acceptors (Lipinski definition) is 4. The number of benzene rings is 2. The van der Waals surface area contributed by atoms with Gasteiger partial charge in [0.15, 0.2) is 0 Å². The van der Waals surface area contributed by atoms with Gasteiger partial charge >= 0.3 is 0 Å². The van der Waals surface area contributed by atoms with E-state index >= 15 is 0 Å². The molecular weight excluding hydrogens is 359 g/mol. The van der Waals surface area contributed by atoms with Crippen LogP contribution in [-0.4, -0.2) is 28.5 Å². The molecule has 0 unspecified atom stereocenters. The van der Waals surface area contributed by atoms with Crippen LogP contribution >= 0.6 is 0 Å². The number of ether oxygens (including phenoxy) is 1. The van der Waals surface area contributed by atoms with Gasteiger partial charge in [-0.05, 0) is 48.5 Å². The van der Waals surface area contributed by atoms with E-state index in [1.165, 1.54) is 50.6 Å². The van der Waals surface area contributed by atoms with Crippen molar-refractivity contribution in [2.24, 2.45) is 0 Å². The molecule has 0 bridgehead atoms. The Kier molecular flexibility index (Phi) is 6.48. The van der Waals surface area contributed by atoms with Gasteiger partial charge in [0.25, 0.3) is 0 Å². The summed E-state index contributed by atoms with van der Waals surface area (Å²) < 4.78 is 44.4. The maximum Gasteiger partial charge on any atom is 0.244 e. The Bertz CT molecular complexity index is 927. The molecule has 6 nitrogen and oxygen atoms in total. The molecule has 0 aliphatic rings. The highest BCUT2D eigenvalue weighted by atomic mass is 32.2. The van der Waals surface area contributed by atoms with Crippen LogP contribution in [-0.2, 0) is 21.4 Å². The van der Waals surface area contributed by atoms with E-state index in [0.29, 0.717) is 11.1 Å². The smallest absolute Gasteiger partial charge is 0.244 e. The number of sulfonamides is 1. The molecule has 2 aromatic carbocycles. The first-order valence-electron chi connectivity index (χ1n) is 7.67. The Morgan fingerprint density at radius 1 is 1.23 bits per heavy atom. The molecular formula is C18H19FN2O4S. The van der Waals surface area contributed by atoms with Crippen LogP contribution in [0.25, 0.3) is 6.08 Å². The molecule has 0 atom stereocenters. The van der Waals surface area contributed by atoms with E-state index in [1.807, 2.05) is 0 Å². The average molecular weight is 378 g/mol. The number of methoxy groups -OCH3 is 1. The Hall–Kier alpha value is -2.71. The molecule has 0 radical (unpaired) electrons. The van der Waals surface area contributed by atoms with Crippen LogP contribution in [0.2, 0.25) is 0 Å². The number of nitrogens with one attached hydrogen (secondary N) is 2. The second kappa shape index (κ2) is 8.59. The summed E-state index contributed by atoms with van der Waals surface area (Å²) in [7, 11) is -1.02. The third-order valence-electron chi connectivity index (χ3n) is 3.53. The van der Waals surface area contributed by atoms with E-state index in [9.17, 15) is 17.6 Å². The number of carbonyl (C=O) groups excluding carboxylic acids is 1. The summed E-state index contributed by atoms with van der Waals surface area (Å²) in [4.78, 5) is 11.9. The Morgan fingerprint density at radius 2 is 2.00 bits per heavy atom. The first-order chi connectivity index (χ1) is 12.4. The summed E-state index contributed by atoms with van der Waals surface area (Å²) >= 11 is 0. The second-order valence-electron chi connectivity index (χ2n) is 5.30. The van der Waals surface area contributed by atoms with Crippen molar-refractivity contribution in [1.82, 2.24) is 10.0 Å². The number of halogens is 1. The van der Waals surface area contributed by atoms with Gasteiger partial charge in [-0.25, -0.2) is 17.5 Å². The van der Waals surface area contributed by atoms with Crippen molar-refractivity contribution in [3.8, 4) is 5.75 Å². The van der Waals surface area contributed by atoms with E-state index in [2.05, 4.69) is 10.0 Å². The molecule has 0 aliphatic heterocycles. The third-order valence-corrected chi connectivity index (χ3v) is 4.96. The van der Waals surface area contributed by atoms with E-state index in [4.69, 9.17) is 4.74 Å². The lowest BCUT2D eigenvalue weighted by molar-refractivity contribution is -0.116. The highest BCUT2D eigenvalue weighted by molar-refractivity contribution is 7.89. The number of carbonyl (C=O) groups is 1. The number of rotatable bonds is 7. The summed E-state index contributed by atoms with van der Waals surface area (Å²) in [6.07, 6.45) is 2.76. The van der Waals surface area contributed by atoms with Crippen LogP contribution in [0.1, 0.15) is 11.1 Å². The van der Waals surface area contributed by atoms with E-state index < -0.39 is 10.0 Å². The van der Waals surface area contributed by atoms with Crippen molar-refractivity contribution in [3.63, 3.8) is 0 Å². The first-order valence-corrected chi connectivity index (χ1v) is 9.16. The molecule has 1 amide bonds. The summed E-state index contributed by atoms with van der Waals surface area (Å²) in [5.41, 5.74) is 1.15. The highest BCUT2D eigenvalue weighted by Crippen LogP contribution is 2.25. The number of hydrogen-bond donors (Lipinski definition) is 2. The van der Waals surface area contributed by atoms with Crippen LogP contribution in [0.5, 0.6) is 5.75 Å². The topological polar surface area (TPSA) is 84.5 Å². The molecule has 26 heavy (non-hydrogen) atoms. The molecule has 8 heteroatoms. The fraction of sp³-hybridized carbons (Fsp3) is 0.167. The minimum absolute atomic E-state index is 0.0233. The molecule has 0 saturated heterocycles. The lowest BCUT2D eigenvalue weighted by atomic mass is 10.2. The van der Waals surface area contributed by atoms with Crippen molar-refractivity contribution >= 4 is 22.0 Å². The summed E-state index contributed by atoms with van der Waals surface area (Å²) in [6.45, 7) is 0.183. The SMILES string of the molecule is CNS(=O)(=O)c1cc(/C=C/C(=O)NCc2cccc(F)c2)ccc1OC. The predicted molar refractivity (Wildman–Crippen MR) is 96.5 cm³/mol. The Balaban J connectivity index is 2.09. The van der Waals surface area contributed by atoms with Gasteiger partial charge in [0.1, 0.15) is 16.5 Å². The Labute approximate surface area is 151 Å². The van der Waals surface area contributed by atoms with Crippen LogP contribution in [0.3, 0.4) is 0 Å². The molecule has 0 heterocycles. The normalized spacial score (nSPS) is 11.5. The summed E-state index contributed by atoms with van der Waals surface area (Å²) in [5.74, 6) is -0.557. The molecule has 0 aliphatic carbocycles. The Morgan fingerprint density at radius 3 is 2.65 bits per heavy atom. The van der Waals surface area contributed by atoms with Crippen LogP contribution in [0.4, 0.5) is 4.39 Å². The first kappa shape index (κ1) is 19.6. The minimum atomic E-state index is -3.70. The lowest BCUT2D eigenvalue weighted by Crippen LogP contribution is -2.20. The van der Waals surface area contributed by atoms with Gasteiger partial charge in [-0.1, -0.05) is 18.2 Å². The zero-order valence-electron chi connectivity index (χ0n) is 14.3. The van der Waals surface area contributed by atoms with Crippen molar-refractivity contribution in [1.29, 1.82) is 0 Å². The predicted octanol–water partition coefficient (Wildman–Crippen LogP) is 2.07. The zero-order chi connectivity index (χ0) is 19.2. The molecule has 0 fully saturated rings. The van der Waals surface area contributed by atoms with Crippen molar-refractivity contribution < 1.29 is 22.3 Å². The molecule has 2 aromatic rings. The standard InChI is InChI=1S/C18H19FN2O4S/c1-20-26(23,24)17-11-13(6-8-16(17)25-2)7-9-18(22)21-12-14-4-3-5-15(19)10-14/h3-11,20H,12H2,1-2H3,(H,21,22)/b9-7+. The van der Waals surface area contributed by atoms with Gasteiger partial charge in [-0.15, -0.1) is 0 Å². The second-order valence-corrected chi connectivity index (χ2v) is 7.15. The van der Waals surface area contributed by atoms with Crippen molar-refractivity contribution in [2.45, 2.75) is 11.4 Å². The largest absolute Gasteiger partial charge is 0.495 e. The molecule has 2 N–H and O–H groups in total. The molecule has 2 rings (SSSR count).